The van der Waals surface area contributed by atoms with Gasteiger partial charge in [-0.2, -0.15) is 0 Å². The van der Waals surface area contributed by atoms with E-state index in [9.17, 15) is 0 Å². The van der Waals surface area contributed by atoms with Gasteiger partial charge in [0.05, 0.1) is 6.04 Å². The first-order valence-electron chi connectivity index (χ1n) is 6.08. The number of hydrogen-bond acceptors (Lipinski definition) is 2. The molecule has 0 heterocycles. The van der Waals surface area contributed by atoms with E-state index in [0.29, 0.717) is 11.6 Å². The lowest BCUT2D eigenvalue weighted by Gasteiger charge is -2.19. The normalized spacial score (nSPS) is 12.2. The van der Waals surface area contributed by atoms with Crippen molar-refractivity contribution in [2.75, 3.05) is 11.9 Å². The van der Waals surface area contributed by atoms with E-state index in [-0.39, 0.29) is 6.04 Å². The topological polar surface area (TPSA) is 38.0 Å². The van der Waals surface area contributed by atoms with E-state index in [1.165, 1.54) is 5.56 Å². The Bertz CT molecular complexity index is 572. The van der Waals surface area contributed by atoms with E-state index in [0.717, 1.165) is 15.7 Å². The second-order valence-corrected chi connectivity index (χ2v) is 5.74. The van der Waals surface area contributed by atoms with Gasteiger partial charge in [0.2, 0.25) is 0 Å². The first-order chi connectivity index (χ1) is 9.10. The highest BCUT2D eigenvalue weighted by Crippen LogP contribution is 2.25. The first kappa shape index (κ1) is 14.4. The number of anilines is 1. The Balaban J connectivity index is 2.22. The molecule has 0 saturated heterocycles. The minimum absolute atomic E-state index is 0.0652. The minimum atomic E-state index is 0.0652. The molecule has 0 saturated carbocycles. The summed E-state index contributed by atoms with van der Waals surface area (Å²) in [5.74, 6) is 0. The van der Waals surface area contributed by atoms with Gasteiger partial charge in [0.1, 0.15) is 0 Å². The van der Waals surface area contributed by atoms with E-state index in [4.69, 9.17) is 17.3 Å². The van der Waals surface area contributed by atoms with E-state index in [1.807, 2.05) is 24.3 Å². The number of hydrogen-bond donors (Lipinski definition) is 2. The molecule has 0 spiro atoms. The Kier molecular flexibility index (Phi) is 4.86. The van der Waals surface area contributed by atoms with Crippen molar-refractivity contribution >= 4 is 33.2 Å². The van der Waals surface area contributed by atoms with Crippen molar-refractivity contribution in [2.24, 2.45) is 5.73 Å². The molecule has 0 aliphatic rings. The Labute approximate surface area is 127 Å². The number of aryl methyl sites for hydroxylation is 1. The second-order valence-electron chi connectivity index (χ2n) is 4.45. The van der Waals surface area contributed by atoms with Crippen LogP contribution in [-0.4, -0.2) is 6.54 Å². The molecule has 2 rings (SSSR count). The summed E-state index contributed by atoms with van der Waals surface area (Å²) < 4.78 is 1.09. The quantitative estimate of drug-likeness (QED) is 0.859. The van der Waals surface area contributed by atoms with Crippen LogP contribution in [0.1, 0.15) is 17.2 Å². The molecule has 1 atom stereocenters. The van der Waals surface area contributed by atoms with Crippen LogP contribution < -0.4 is 11.1 Å². The third-order valence-electron chi connectivity index (χ3n) is 3.00. The molecule has 0 radical (unpaired) electrons. The zero-order valence-electron chi connectivity index (χ0n) is 10.7. The second kappa shape index (κ2) is 6.42. The molecule has 0 fully saturated rings. The SMILES string of the molecule is Cc1ccc(C(CN)Nc2cccc(Cl)c2)cc1Br. The molecule has 19 heavy (non-hydrogen) atoms. The van der Waals surface area contributed by atoms with Gasteiger partial charge in [0.15, 0.2) is 0 Å². The van der Waals surface area contributed by atoms with E-state index in [2.05, 4.69) is 46.4 Å². The molecule has 4 heteroatoms. The summed E-state index contributed by atoms with van der Waals surface area (Å²) in [5.41, 5.74) is 9.20. The summed E-state index contributed by atoms with van der Waals surface area (Å²) in [7, 11) is 0. The van der Waals surface area contributed by atoms with Gasteiger partial charge in [-0.05, 0) is 42.3 Å². The lowest BCUT2D eigenvalue weighted by Crippen LogP contribution is -2.20. The highest BCUT2D eigenvalue weighted by Gasteiger charge is 2.10. The molecular weight excluding hydrogens is 324 g/mol. The third-order valence-corrected chi connectivity index (χ3v) is 4.09. The number of nitrogens with two attached hydrogens (primary N) is 1. The Morgan fingerprint density at radius 3 is 2.68 bits per heavy atom. The van der Waals surface area contributed by atoms with Crippen molar-refractivity contribution in [1.82, 2.24) is 0 Å². The summed E-state index contributed by atoms with van der Waals surface area (Å²) in [4.78, 5) is 0. The van der Waals surface area contributed by atoms with E-state index >= 15 is 0 Å². The smallest absolute Gasteiger partial charge is 0.0636 e. The maximum Gasteiger partial charge on any atom is 0.0636 e. The lowest BCUT2D eigenvalue weighted by molar-refractivity contribution is 0.789. The molecule has 2 nitrogen and oxygen atoms in total. The van der Waals surface area contributed by atoms with Gasteiger partial charge in [-0.1, -0.05) is 45.7 Å². The number of halogens is 2. The predicted octanol–water partition coefficient (Wildman–Crippen LogP) is 4.52. The number of benzene rings is 2. The van der Waals surface area contributed by atoms with E-state index in [1.54, 1.807) is 0 Å². The van der Waals surface area contributed by atoms with Gasteiger partial charge in [0.25, 0.3) is 0 Å². The van der Waals surface area contributed by atoms with Crippen LogP contribution in [-0.2, 0) is 0 Å². The monoisotopic (exact) mass is 338 g/mol. The molecule has 2 aromatic rings. The summed E-state index contributed by atoms with van der Waals surface area (Å²) >= 11 is 9.54. The Morgan fingerprint density at radius 2 is 2.05 bits per heavy atom. The van der Waals surface area contributed by atoms with Crippen molar-refractivity contribution in [3.05, 3.63) is 63.1 Å². The molecule has 100 valence electrons. The highest BCUT2D eigenvalue weighted by atomic mass is 79.9. The summed E-state index contributed by atoms with van der Waals surface area (Å²) in [6.45, 7) is 2.58. The Hall–Kier alpha value is -1.03. The summed E-state index contributed by atoms with van der Waals surface area (Å²) in [6.07, 6.45) is 0. The van der Waals surface area contributed by atoms with Gasteiger partial charge in [-0.15, -0.1) is 0 Å². The molecule has 3 N–H and O–H groups in total. The Morgan fingerprint density at radius 1 is 1.26 bits per heavy atom. The lowest BCUT2D eigenvalue weighted by atomic mass is 10.0. The standard InChI is InChI=1S/C15H16BrClN2/c1-10-5-6-11(7-14(10)16)15(9-18)19-13-4-2-3-12(17)8-13/h2-8,15,19H,9,18H2,1H3. The minimum Gasteiger partial charge on any atom is -0.377 e. The van der Waals surface area contributed by atoms with Crippen molar-refractivity contribution in [1.29, 1.82) is 0 Å². The average molecular weight is 340 g/mol. The van der Waals surface area contributed by atoms with Gasteiger partial charge in [0, 0.05) is 21.7 Å². The highest BCUT2D eigenvalue weighted by molar-refractivity contribution is 9.10. The summed E-state index contributed by atoms with van der Waals surface area (Å²) in [6, 6.07) is 14.0. The molecule has 0 aliphatic carbocycles. The van der Waals surface area contributed by atoms with Crippen LogP contribution in [0.3, 0.4) is 0 Å². The number of rotatable bonds is 4. The molecule has 1 unspecified atom stereocenters. The van der Waals surface area contributed by atoms with Crippen molar-refractivity contribution in [3.63, 3.8) is 0 Å². The van der Waals surface area contributed by atoms with Crippen LogP contribution in [0, 0.1) is 6.92 Å². The van der Waals surface area contributed by atoms with Crippen LogP contribution in [0.2, 0.25) is 5.02 Å². The molecule has 0 aliphatic heterocycles. The first-order valence-corrected chi connectivity index (χ1v) is 7.25. The average Bonchev–Trinajstić information content (AvgIpc) is 2.39. The molecule has 0 aromatic heterocycles. The molecule has 0 amide bonds. The summed E-state index contributed by atoms with van der Waals surface area (Å²) in [5, 5.41) is 4.12. The van der Waals surface area contributed by atoms with Crippen LogP contribution in [0.15, 0.2) is 46.9 Å². The van der Waals surface area contributed by atoms with Gasteiger partial charge >= 0.3 is 0 Å². The van der Waals surface area contributed by atoms with Crippen LogP contribution >= 0.6 is 27.5 Å². The predicted molar refractivity (Wildman–Crippen MR) is 85.7 cm³/mol. The van der Waals surface area contributed by atoms with Gasteiger partial charge in [-0.25, -0.2) is 0 Å². The van der Waals surface area contributed by atoms with Crippen LogP contribution in [0.25, 0.3) is 0 Å². The van der Waals surface area contributed by atoms with Crippen LogP contribution in [0.5, 0.6) is 0 Å². The third kappa shape index (κ3) is 3.72. The zero-order chi connectivity index (χ0) is 13.8. The maximum atomic E-state index is 5.98. The maximum absolute atomic E-state index is 5.98. The zero-order valence-corrected chi connectivity index (χ0v) is 13.0. The molecular formula is C15H16BrClN2. The number of nitrogens with one attached hydrogen (secondary N) is 1. The fourth-order valence-electron chi connectivity index (χ4n) is 1.88. The fraction of sp³-hybridized carbons (Fsp3) is 0.200. The molecule has 0 bridgehead atoms. The van der Waals surface area contributed by atoms with Crippen molar-refractivity contribution in [2.45, 2.75) is 13.0 Å². The fourth-order valence-corrected chi connectivity index (χ4v) is 2.47. The van der Waals surface area contributed by atoms with E-state index < -0.39 is 0 Å². The van der Waals surface area contributed by atoms with Gasteiger partial charge in [-0.3, -0.25) is 0 Å². The molecule has 2 aromatic carbocycles. The van der Waals surface area contributed by atoms with Gasteiger partial charge < -0.3 is 11.1 Å². The van der Waals surface area contributed by atoms with Crippen LogP contribution in [0.4, 0.5) is 5.69 Å². The largest absolute Gasteiger partial charge is 0.377 e. The van der Waals surface area contributed by atoms with Crippen molar-refractivity contribution in [3.8, 4) is 0 Å². The van der Waals surface area contributed by atoms with Crippen molar-refractivity contribution < 1.29 is 0 Å².